The zero-order valence-electron chi connectivity index (χ0n) is 11.7. The zero-order valence-corrected chi connectivity index (χ0v) is 14.1. The molecule has 7 heteroatoms. The van der Waals surface area contributed by atoms with E-state index in [-0.39, 0.29) is 4.90 Å². The molecule has 1 aromatic carbocycles. The summed E-state index contributed by atoms with van der Waals surface area (Å²) in [5.41, 5.74) is 6.89. The van der Waals surface area contributed by atoms with Crippen LogP contribution in [0.25, 0.3) is 0 Å². The molecule has 5 nitrogen and oxygen atoms in total. The van der Waals surface area contributed by atoms with Crippen molar-refractivity contribution in [2.45, 2.75) is 18.2 Å². The van der Waals surface area contributed by atoms with Crippen LogP contribution in [0.1, 0.15) is 12.0 Å². The van der Waals surface area contributed by atoms with E-state index in [1.165, 1.54) is 0 Å². The molecule has 1 atom stereocenters. The summed E-state index contributed by atoms with van der Waals surface area (Å²) in [6.07, 6.45) is 1.03. The van der Waals surface area contributed by atoms with Crippen molar-refractivity contribution < 1.29 is 8.42 Å². The minimum absolute atomic E-state index is 0.246. The van der Waals surface area contributed by atoms with Gasteiger partial charge in [0.05, 0.1) is 4.90 Å². The highest BCUT2D eigenvalue weighted by Crippen LogP contribution is 2.26. The molecule has 0 radical (unpaired) electrons. The molecule has 1 aliphatic rings. The Bertz CT molecular complexity index is 604. The Morgan fingerprint density at radius 2 is 2.20 bits per heavy atom. The lowest BCUT2D eigenvalue weighted by Crippen LogP contribution is -2.31. The van der Waals surface area contributed by atoms with Crippen molar-refractivity contribution in [1.29, 1.82) is 0 Å². The van der Waals surface area contributed by atoms with E-state index in [0.29, 0.717) is 28.2 Å². The second-order valence-electron chi connectivity index (χ2n) is 5.39. The predicted octanol–water partition coefficient (Wildman–Crippen LogP) is 1.57. The molecule has 3 N–H and O–H groups in total. The molecule has 0 amide bonds. The van der Waals surface area contributed by atoms with Crippen molar-refractivity contribution in [3.05, 3.63) is 22.2 Å². The topological polar surface area (TPSA) is 75.4 Å². The lowest BCUT2D eigenvalue weighted by molar-refractivity contribution is 0.394. The van der Waals surface area contributed by atoms with Crippen molar-refractivity contribution in [1.82, 2.24) is 9.62 Å². The van der Waals surface area contributed by atoms with Crippen LogP contribution >= 0.6 is 15.9 Å². The van der Waals surface area contributed by atoms with E-state index in [0.717, 1.165) is 19.5 Å². The summed E-state index contributed by atoms with van der Waals surface area (Å²) in [6.45, 7) is 4.15. The largest absolute Gasteiger partial charge is 0.398 e. The van der Waals surface area contributed by atoms with Gasteiger partial charge in [-0.1, -0.05) is 15.9 Å². The molecule has 1 fully saturated rings. The normalized spacial score (nSPS) is 20.4. The van der Waals surface area contributed by atoms with E-state index in [9.17, 15) is 8.42 Å². The van der Waals surface area contributed by atoms with Crippen LogP contribution in [0.15, 0.2) is 21.5 Å². The number of nitrogens with one attached hydrogen (secondary N) is 1. The van der Waals surface area contributed by atoms with Crippen molar-refractivity contribution in [2.24, 2.45) is 5.92 Å². The SMILES string of the molecule is Cc1c(N)cc(Br)cc1S(=O)(=O)NCC1CCN(C)C1. The van der Waals surface area contributed by atoms with Crippen molar-refractivity contribution >= 4 is 31.6 Å². The monoisotopic (exact) mass is 361 g/mol. The van der Waals surface area contributed by atoms with Gasteiger partial charge in [0.2, 0.25) is 10.0 Å². The van der Waals surface area contributed by atoms with Gasteiger partial charge < -0.3 is 10.6 Å². The lowest BCUT2D eigenvalue weighted by Gasteiger charge is -2.14. The number of nitrogens with zero attached hydrogens (tertiary/aromatic N) is 1. The van der Waals surface area contributed by atoms with Crippen molar-refractivity contribution in [3.63, 3.8) is 0 Å². The van der Waals surface area contributed by atoms with Crippen LogP contribution in [0.2, 0.25) is 0 Å². The Morgan fingerprint density at radius 3 is 2.80 bits per heavy atom. The molecule has 1 aromatic rings. The predicted molar refractivity (Wildman–Crippen MR) is 84.1 cm³/mol. The van der Waals surface area contributed by atoms with Crippen LogP contribution in [-0.2, 0) is 10.0 Å². The van der Waals surface area contributed by atoms with E-state index >= 15 is 0 Å². The van der Waals surface area contributed by atoms with Gasteiger partial charge in [0.25, 0.3) is 0 Å². The van der Waals surface area contributed by atoms with Crippen molar-refractivity contribution in [2.75, 3.05) is 32.4 Å². The van der Waals surface area contributed by atoms with Crippen molar-refractivity contribution in [3.8, 4) is 0 Å². The minimum atomic E-state index is -3.52. The molecule has 2 rings (SSSR count). The highest BCUT2D eigenvalue weighted by molar-refractivity contribution is 9.10. The summed E-state index contributed by atoms with van der Waals surface area (Å²) in [5.74, 6) is 0.375. The number of nitrogens with two attached hydrogens (primary N) is 1. The molecular weight excluding hydrogens is 342 g/mol. The molecule has 1 heterocycles. The van der Waals surface area contributed by atoms with Crippen LogP contribution in [0.3, 0.4) is 0 Å². The Labute approximate surface area is 128 Å². The average molecular weight is 362 g/mol. The molecule has 112 valence electrons. The second kappa shape index (κ2) is 6.01. The Balaban J connectivity index is 2.14. The first-order chi connectivity index (χ1) is 9.29. The number of likely N-dealkylation sites (tertiary alicyclic amines) is 1. The molecule has 0 aromatic heterocycles. The molecule has 0 aliphatic carbocycles. The number of benzene rings is 1. The van der Waals surface area contributed by atoms with Gasteiger partial charge >= 0.3 is 0 Å². The first-order valence-corrected chi connectivity index (χ1v) is 8.81. The number of sulfonamides is 1. The summed E-state index contributed by atoms with van der Waals surface area (Å²) >= 11 is 3.29. The molecule has 1 saturated heterocycles. The van der Waals surface area contributed by atoms with Gasteiger partial charge in [-0.3, -0.25) is 0 Å². The lowest BCUT2D eigenvalue weighted by atomic mass is 10.1. The molecule has 0 bridgehead atoms. The third-order valence-corrected chi connectivity index (χ3v) is 5.71. The van der Waals surface area contributed by atoms with Gasteiger partial charge in [0.15, 0.2) is 0 Å². The summed E-state index contributed by atoms with van der Waals surface area (Å²) < 4.78 is 28.2. The maximum atomic E-state index is 12.4. The van der Waals surface area contributed by atoms with Gasteiger partial charge in [-0.15, -0.1) is 0 Å². The van der Waals surface area contributed by atoms with Crippen LogP contribution < -0.4 is 10.5 Å². The Kier molecular flexibility index (Phi) is 4.73. The molecule has 20 heavy (non-hydrogen) atoms. The minimum Gasteiger partial charge on any atom is -0.398 e. The third-order valence-electron chi connectivity index (χ3n) is 3.71. The third kappa shape index (κ3) is 3.52. The number of rotatable bonds is 4. The summed E-state index contributed by atoms with van der Waals surface area (Å²) in [7, 11) is -1.47. The van der Waals surface area contributed by atoms with Crippen LogP contribution in [0, 0.1) is 12.8 Å². The summed E-state index contributed by atoms with van der Waals surface area (Å²) in [6, 6.07) is 3.30. The van der Waals surface area contributed by atoms with E-state index in [1.54, 1.807) is 19.1 Å². The first kappa shape index (κ1) is 15.8. The molecule has 1 unspecified atom stereocenters. The van der Waals surface area contributed by atoms with E-state index in [4.69, 9.17) is 5.73 Å². The number of anilines is 1. The molecular formula is C13H20BrN3O2S. The Morgan fingerprint density at radius 1 is 1.50 bits per heavy atom. The van der Waals surface area contributed by atoms with Gasteiger partial charge in [-0.05, 0) is 50.6 Å². The molecule has 1 aliphatic heterocycles. The number of hydrogen-bond acceptors (Lipinski definition) is 4. The highest BCUT2D eigenvalue weighted by Gasteiger charge is 2.24. The quantitative estimate of drug-likeness (QED) is 0.798. The summed E-state index contributed by atoms with van der Waals surface area (Å²) in [5, 5.41) is 0. The van der Waals surface area contributed by atoms with E-state index < -0.39 is 10.0 Å². The van der Waals surface area contributed by atoms with Gasteiger partial charge in [0.1, 0.15) is 0 Å². The maximum absolute atomic E-state index is 12.4. The standard InChI is InChI=1S/C13H20BrN3O2S/c1-9-12(15)5-11(14)6-13(9)20(18,19)16-7-10-3-4-17(2)8-10/h5-6,10,16H,3-4,7-8,15H2,1-2H3. The fraction of sp³-hybridized carbons (Fsp3) is 0.538. The first-order valence-electron chi connectivity index (χ1n) is 6.53. The number of hydrogen-bond donors (Lipinski definition) is 2. The van der Waals surface area contributed by atoms with E-state index in [1.807, 2.05) is 7.05 Å². The van der Waals surface area contributed by atoms with E-state index in [2.05, 4.69) is 25.6 Å². The number of halogens is 1. The van der Waals surface area contributed by atoms with Crippen LogP contribution in [0.4, 0.5) is 5.69 Å². The molecule has 0 spiro atoms. The second-order valence-corrected chi connectivity index (χ2v) is 8.04. The van der Waals surface area contributed by atoms with Crippen LogP contribution in [0.5, 0.6) is 0 Å². The Hall–Kier alpha value is -0.630. The van der Waals surface area contributed by atoms with Gasteiger partial charge in [-0.2, -0.15) is 0 Å². The average Bonchev–Trinajstić information content (AvgIpc) is 2.77. The fourth-order valence-corrected chi connectivity index (χ4v) is 4.49. The zero-order chi connectivity index (χ0) is 14.9. The van der Waals surface area contributed by atoms with Gasteiger partial charge in [-0.25, -0.2) is 13.1 Å². The smallest absolute Gasteiger partial charge is 0.240 e. The van der Waals surface area contributed by atoms with Crippen LogP contribution in [-0.4, -0.2) is 40.0 Å². The number of nitrogen functional groups attached to an aromatic ring is 1. The van der Waals surface area contributed by atoms with Gasteiger partial charge in [0, 0.05) is 23.2 Å². The fourth-order valence-electron chi connectivity index (χ4n) is 2.45. The maximum Gasteiger partial charge on any atom is 0.240 e. The summed E-state index contributed by atoms with van der Waals surface area (Å²) in [4.78, 5) is 2.46. The molecule has 0 saturated carbocycles. The highest BCUT2D eigenvalue weighted by atomic mass is 79.9.